The SMILES string of the molecule is COC(=O)c1sc2nc(CN(C)Cc3ccccc3)ccc2c1NC(=O)c1ccccc1Cl. The number of nitrogens with zero attached hydrogens (tertiary/aromatic N) is 2. The molecule has 0 spiro atoms. The summed E-state index contributed by atoms with van der Waals surface area (Å²) in [5, 5.41) is 3.84. The Morgan fingerprint density at radius 3 is 2.48 bits per heavy atom. The number of fused-ring (bicyclic) bond motifs is 1. The molecule has 4 rings (SSSR count). The first-order valence-electron chi connectivity index (χ1n) is 10.3. The first-order chi connectivity index (χ1) is 16.0. The van der Waals surface area contributed by atoms with E-state index in [9.17, 15) is 9.59 Å². The molecule has 0 saturated heterocycles. The van der Waals surface area contributed by atoms with E-state index >= 15 is 0 Å². The van der Waals surface area contributed by atoms with Crippen LogP contribution in [-0.2, 0) is 17.8 Å². The van der Waals surface area contributed by atoms with Crippen molar-refractivity contribution in [3.63, 3.8) is 0 Å². The average Bonchev–Trinajstić information content (AvgIpc) is 3.16. The van der Waals surface area contributed by atoms with Crippen LogP contribution in [0.2, 0.25) is 5.02 Å². The lowest BCUT2D eigenvalue weighted by Gasteiger charge is -2.16. The van der Waals surface area contributed by atoms with Crippen LogP contribution in [0.4, 0.5) is 5.69 Å². The van der Waals surface area contributed by atoms with Gasteiger partial charge >= 0.3 is 5.97 Å². The summed E-state index contributed by atoms with van der Waals surface area (Å²) < 4.78 is 4.94. The van der Waals surface area contributed by atoms with Gasteiger partial charge in [-0.1, -0.05) is 54.1 Å². The molecule has 0 saturated carbocycles. The molecule has 0 aliphatic rings. The Morgan fingerprint density at radius 1 is 1.03 bits per heavy atom. The van der Waals surface area contributed by atoms with Crippen molar-refractivity contribution in [3.05, 3.63) is 93.5 Å². The highest BCUT2D eigenvalue weighted by molar-refractivity contribution is 7.21. The molecule has 8 heteroatoms. The maximum atomic E-state index is 12.9. The van der Waals surface area contributed by atoms with Crippen molar-refractivity contribution in [2.45, 2.75) is 13.1 Å². The second-order valence-corrected chi connectivity index (χ2v) is 8.95. The number of aromatic nitrogens is 1. The molecule has 2 heterocycles. The summed E-state index contributed by atoms with van der Waals surface area (Å²) in [7, 11) is 3.34. The number of anilines is 1. The Labute approximate surface area is 200 Å². The number of hydrogen-bond donors (Lipinski definition) is 1. The third-order valence-electron chi connectivity index (χ3n) is 5.07. The molecular formula is C25H22ClN3O3S. The number of methoxy groups -OCH3 is 1. The molecule has 2 aromatic carbocycles. The van der Waals surface area contributed by atoms with Crippen LogP contribution in [0.25, 0.3) is 10.2 Å². The summed E-state index contributed by atoms with van der Waals surface area (Å²) in [6.45, 7) is 1.43. The molecule has 0 bridgehead atoms. The molecule has 4 aromatic rings. The second kappa shape index (κ2) is 10.1. The Kier molecular flexibility index (Phi) is 7.03. The van der Waals surface area contributed by atoms with Gasteiger partial charge in [0.15, 0.2) is 0 Å². The number of rotatable bonds is 7. The average molecular weight is 480 g/mol. The number of ether oxygens (including phenoxy) is 1. The van der Waals surface area contributed by atoms with Crippen LogP contribution >= 0.6 is 22.9 Å². The van der Waals surface area contributed by atoms with Crippen molar-refractivity contribution in [2.75, 3.05) is 19.5 Å². The molecule has 168 valence electrons. The molecule has 0 aliphatic carbocycles. The maximum absolute atomic E-state index is 12.9. The van der Waals surface area contributed by atoms with Gasteiger partial charge < -0.3 is 10.1 Å². The van der Waals surface area contributed by atoms with Gasteiger partial charge in [-0.2, -0.15) is 0 Å². The lowest BCUT2D eigenvalue weighted by atomic mass is 10.2. The largest absolute Gasteiger partial charge is 0.465 e. The van der Waals surface area contributed by atoms with E-state index in [1.54, 1.807) is 24.3 Å². The van der Waals surface area contributed by atoms with Crippen LogP contribution < -0.4 is 5.32 Å². The van der Waals surface area contributed by atoms with Gasteiger partial charge in [0.25, 0.3) is 5.91 Å². The smallest absolute Gasteiger partial charge is 0.350 e. The zero-order chi connectivity index (χ0) is 23.4. The first kappa shape index (κ1) is 22.9. The van der Waals surface area contributed by atoms with E-state index in [4.69, 9.17) is 21.3 Å². The highest BCUT2D eigenvalue weighted by Crippen LogP contribution is 2.36. The summed E-state index contributed by atoms with van der Waals surface area (Å²) in [6.07, 6.45) is 0. The van der Waals surface area contributed by atoms with Gasteiger partial charge in [-0.15, -0.1) is 11.3 Å². The molecule has 0 radical (unpaired) electrons. The summed E-state index contributed by atoms with van der Waals surface area (Å²) >= 11 is 7.36. The van der Waals surface area contributed by atoms with E-state index < -0.39 is 11.9 Å². The Morgan fingerprint density at radius 2 is 1.76 bits per heavy atom. The lowest BCUT2D eigenvalue weighted by Crippen LogP contribution is -2.17. The van der Waals surface area contributed by atoms with Crippen molar-refractivity contribution in [2.24, 2.45) is 0 Å². The summed E-state index contributed by atoms with van der Waals surface area (Å²) in [4.78, 5) is 33.1. The summed E-state index contributed by atoms with van der Waals surface area (Å²) in [5.74, 6) is -0.938. The normalized spacial score (nSPS) is 11.0. The summed E-state index contributed by atoms with van der Waals surface area (Å²) in [5.41, 5.74) is 2.78. The molecule has 0 fully saturated rings. The molecular weight excluding hydrogens is 458 g/mol. The minimum absolute atomic E-state index is 0.287. The van der Waals surface area contributed by atoms with Crippen LogP contribution in [-0.4, -0.2) is 35.9 Å². The number of thiophene rings is 1. The molecule has 6 nitrogen and oxygen atoms in total. The number of esters is 1. The van der Waals surface area contributed by atoms with Gasteiger partial charge in [-0.3, -0.25) is 9.69 Å². The minimum atomic E-state index is -0.532. The van der Waals surface area contributed by atoms with Crippen LogP contribution in [0.15, 0.2) is 66.7 Å². The number of carbonyl (C=O) groups excluding carboxylic acids is 2. The third-order valence-corrected chi connectivity index (χ3v) is 6.48. The van der Waals surface area contributed by atoms with E-state index in [-0.39, 0.29) is 4.88 Å². The molecule has 33 heavy (non-hydrogen) atoms. The maximum Gasteiger partial charge on any atom is 0.350 e. The molecule has 0 unspecified atom stereocenters. The van der Waals surface area contributed by atoms with Crippen molar-refractivity contribution >= 4 is 50.7 Å². The van der Waals surface area contributed by atoms with Gasteiger partial charge in [-0.25, -0.2) is 9.78 Å². The number of hydrogen-bond acceptors (Lipinski definition) is 6. The van der Waals surface area contributed by atoms with Gasteiger partial charge in [0.05, 0.1) is 29.1 Å². The predicted molar refractivity (Wildman–Crippen MR) is 132 cm³/mol. The fourth-order valence-corrected chi connectivity index (χ4v) is 4.81. The predicted octanol–water partition coefficient (Wildman–Crippen LogP) is 5.62. The lowest BCUT2D eigenvalue weighted by molar-refractivity contribution is 0.0607. The van der Waals surface area contributed by atoms with E-state index in [1.807, 2.05) is 37.4 Å². The van der Waals surface area contributed by atoms with Gasteiger partial charge in [0.1, 0.15) is 9.71 Å². The third kappa shape index (κ3) is 5.22. The zero-order valence-electron chi connectivity index (χ0n) is 18.2. The molecule has 0 aliphatic heterocycles. The number of amides is 1. The highest BCUT2D eigenvalue weighted by Gasteiger charge is 2.23. The highest BCUT2D eigenvalue weighted by atomic mass is 35.5. The number of pyridine rings is 1. The van der Waals surface area contributed by atoms with Crippen LogP contribution in [0.1, 0.15) is 31.3 Å². The first-order valence-corrected chi connectivity index (χ1v) is 11.4. The van der Waals surface area contributed by atoms with Crippen LogP contribution in [0.5, 0.6) is 0 Å². The molecule has 1 N–H and O–H groups in total. The van der Waals surface area contributed by atoms with E-state index in [2.05, 4.69) is 22.3 Å². The minimum Gasteiger partial charge on any atom is -0.465 e. The number of carbonyl (C=O) groups is 2. The number of benzene rings is 2. The number of halogens is 1. The Balaban J connectivity index is 1.62. The van der Waals surface area contributed by atoms with Gasteiger partial charge in [-0.05, 0) is 36.9 Å². The topological polar surface area (TPSA) is 71.5 Å². The number of nitrogens with one attached hydrogen (secondary N) is 1. The quantitative estimate of drug-likeness (QED) is 0.348. The fourth-order valence-electron chi connectivity index (χ4n) is 3.52. The van der Waals surface area contributed by atoms with E-state index in [1.165, 1.54) is 24.0 Å². The molecule has 1 amide bonds. The van der Waals surface area contributed by atoms with Crippen molar-refractivity contribution in [1.82, 2.24) is 9.88 Å². The van der Waals surface area contributed by atoms with Crippen molar-refractivity contribution in [1.29, 1.82) is 0 Å². The van der Waals surface area contributed by atoms with E-state index in [0.717, 1.165) is 12.2 Å². The molecule has 2 aromatic heterocycles. The molecule has 0 atom stereocenters. The monoisotopic (exact) mass is 479 g/mol. The summed E-state index contributed by atoms with van der Waals surface area (Å²) in [6, 6.07) is 20.7. The Bertz CT molecular complexity index is 1310. The Hall–Kier alpha value is -3.26. The van der Waals surface area contributed by atoms with Gasteiger partial charge in [0, 0.05) is 18.5 Å². The van der Waals surface area contributed by atoms with Crippen LogP contribution in [0, 0.1) is 0 Å². The van der Waals surface area contributed by atoms with Crippen molar-refractivity contribution < 1.29 is 14.3 Å². The standard InChI is InChI=1S/C25H22ClN3O3S/c1-29(14-16-8-4-3-5-9-16)15-17-12-13-19-21(22(25(31)32-2)33-24(19)27-17)28-23(30)18-10-6-7-11-20(18)26/h3-13H,14-15H2,1-2H3,(H,28,30). The van der Waals surface area contributed by atoms with E-state index in [0.29, 0.717) is 33.0 Å². The fraction of sp³-hybridized carbons (Fsp3) is 0.160. The second-order valence-electron chi connectivity index (χ2n) is 7.54. The zero-order valence-corrected chi connectivity index (χ0v) is 19.7. The van der Waals surface area contributed by atoms with Crippen LogP contribution in [0.3, 0.4) is 0 Å². The van der Waals surface area contributed by atoms with Crippen molar-refractivity contribution in [3.8, 4) is 0 Å². The van der Waals surface area contributed by atoms with Gasteiger partial charge in [0.2, 0.25) is 0 Å².